The summed E-state index contributed by atoms with van der Waals surface area (Å²) < 4.78 is 0. The molecular weight excluding hydrogens is 175 g/mol. The molecule has 0 aliphatic carbocycles. The minimum absolute atomic E-state index is 1.17. The van der Waals surface area contributed by atoms with Gasteiger partial charge in [0.05, 0.1) is 0 Å². The molecule has 68 valence electrons. The summed E-state index contributed by atoms with van der Waals surface area (Å²) in [4.78, 5) is 0. The van der Waals surface area contributed by atoms with Crippen LogP contribution in [-0.2, 0) is 0 Å². The predicted molar refractivity (Wildman–Crippen MR) is 65.6 cm³/mol. The normalized spacial score (nSPS) is 8.69. The van der Waals surface area contributed by atoms with Crippen molar-refractivity contribution in [1.29, 1.82) is 0 Å². The second kappa shape index (κ2) is 8.96. The van der Waals surface area contributed by atoms with Crippen LogP contribution in [0, 0.1) is 0 Å². The highest BCUT2D eigenvalue weighted by Crippen LogP contribution is 1.97. The van der Waals surface area contributed by atoms with Gasteiger partial charge in [-0.05, 0) is 5.56 Å². The standard InChI is InChI=1S/C8H8.C4H7P/c1-2-8-6-4-3-5-7-8;1-2-3-4-5/h2-7H,1H2;2-4H,1,5H2/b;4-3+. The van der Waals surface area contributed by atoms with E-state index < -0.39 is 0 Å². The molecule has 0 nitrogen and oxygen atoms in total. The van der Waals surface area contributed by atoms with E-state index in [4.69, 9.17) is 0 Å². The summed E-state index contributed by atoms with van der Waals surface area (Å²) in [6.07, 6.45) is 5.41. The fourth-order valence-electron chi connectivity index (χ4n) is 0.668. The summed E-state index contributed by atoms with van der Waals surface area (Å²) in [5, 5.41) is 0. The number of hydrogen-bond acceptors (Lipinski definition) is 0. The molecule has 0 N–H and O–H groups in total. The number of hydrogen-bond donors (Lipinski definition) is 0. The Labute approximate surface area is 82.9 Å². The molecule has 0 aliphatic rings. The van der Waals surface area contributed by atoms with Crippen molar-refractivity contribution in [3.8, 4) is 0 Å². The van der Waals surface area contributed by atoms with Gasteiger partial charge in [-0.1, -0.05) is 67.5 Å². The molecule has 0 radical (unpaired) electrons. The summed E-state index contributed by atoms with van der Waals surface area (Å²) in [7, 11) is 2.45. The minimum atomic E-state index is 1.17. The Morgan fingerprint density at radius 2 is 1.69 bits per heavy atom. The van der Waals surface area contributed by atoms with Gasteiger partial charge >= 0.3 is 0 Å². The van der Waals surface area contributed by atoms with Crippen LogP contribution in [0.5, 0.6) is 0 Å². The van der Waals surface area contributed by atoms with Gasteiger partial charge in [0.15, 0.2) is 0 Å². The molecule has 0 aromatic heterocycles. The van der Waals surface area contributed by atoms with Gasteiger partial charge in [0, 0.05) is 0 Å². The Hall–Kier alpha value is -1.13. The smallest absolute Gasteiger partial charge is 0.0263 e. The molecule has 0 aliphatic heterocycles. The van der Waals surface area contributed by atoms with Crippen LogP contribution in [0.15, 0.2) is 61.5 Å². The monoisotopic (exact) mass is 190 g/mol. The largest absolute Gasteiger partial charge is 0.114 e. The van der Waals surface area contributed by atoms with Gasteiger partial charge in [-0.15, -0.1) is 9.24 Å². The topological polar surface area (TPSA) is 0 Å². The van der Waals surface area contributed by atoms with Crippen LogP contribution in [0.2, 0.25) is 0 Å². The van der Waals surface area contributed by atoms with Gasteiger partial charge < -0.3 is 0 Å². The lowest BCUT2D eigenvalue weighted by Crippen LogP contribution is -1.63. The first kappa shape index (κ1) is 11.9. The Kier molecular flexibility index (Phi) is 8.18. The first-order valence-electron chi connectivity index (χ1n) is 4.02. The lowest BCUT2D eigenvalue weighted by atomic mass is 10.2. The van der Waals surface area contributed by atoms with Gasteiger partial charge in [-0.3, -0.25) is 0 Å². The summed E-state index contributed by atoms with van der Waals surface area (Å²) in [5.74, 6) is 1.85. The highest BCUT2D eigenvalue weighted by atomic mass is 31.0. The zero-order valence-corrected chi connectivity index (χ0v) is 8.84. The molecule has 13 heavy (non-hydrogen) atoms. The van der Waals surface area contributed by atoms with E-state index in [1.165, 1.54) is 5.56 Å². The van der Waals surface area contributed by atoms with Gasteiger partial charge in [-0.2, -0.15) is 0 Å². The molecule has 1 aromatic rings. The van der Waals surface area contributed by atoms with Gasteiger partial charge in [0.2, 0.25) is 0 Å². The molecule has 0 fully saturated rings. The first-order valence-corrected chi connectivity index (χ1v) is 4.68. The van der Waals surface area contributed by atoms with E-state index >= 15 is 0 Å². The number of rotatable bonds is 2. The molecule has 1 rings (SSSR count). The fraction of sp³-hybridized carbons (Fsp3) is 0. The molecule has 0 saturated carbocycles. The number of benzene rings is 1. The van der Waals surface area contributed by atoms with Crippen LogP contribution in [0.3, 0.4) is 0 Å². The highest BCUT2D eigenvalue weighted by molar-refractivity contribution is 7.20. The van der Waals surface area contributed by atoms with Gasteiger partial charge in [0.1, 0.15) is 0 Å². The average molecular weight is 190 g/mol. The Morgan fingerprint density at radius 3 is 1.92 bits per heavy atom. The van der Waals surface area contributed by atoms with Crippen molar-refractivity contribution in [3.63, 3.8) is 0 Å². The molecule has 0 saturated heterocycles. The van der Waals surface area contributed by atoms with E-state index in [0.717, 1.165) is 0 Å². The highest BCUT2D eigenvalue weighted by Gasteiger charge is 1.75. The first-order chi connectivity index (χ1) is 6.35. The quantitative estimate of drug-likeness (QED) is 0.490. The molecule has 1 atom stereocenters. The van der Waals surface area contributed by atoms with Crippen LogP contribution in [0.1, 0.15) is 5.56 Å². The summed E-state index contributed by atoms with van der Waals surface area (Å²) >= 11 is 0. The van der Waals surface area contributed by atoms with E-state index in [1.54, 1.807) is 6.08 Å². The second-order valence-corrected chi connectivity index (χ2v) is 2.62. The molecule has 0 spiro atoms. The van der Waals surface area contributed by atoms with Crippen molar-refractivity contribution in [2.45, 2.75) is 0 Å². The average Bonchev–Trinajstić information content (AvgIpc) is 2.21. The third-order valence-corrected chi connectivity index (χ3v) is 1.50. The molecule has 1 heteroatoms. The lowest BCUT2D eigenvalue weighted by Gasteiger charge is -1.85. The molecule has 0 bridgehead atoms. The number of allylic oxidation sites excluding steroid dienone is 2. The second-order valence-electron chi connectivity index (χ2n) is 2.24. The molecular formula is C12H15P. The van der Waals surface area contributed by atoms with E-state index in [1.807, 2.05) is 48.3 Å². The van der Waals surface area contributed by atoms with Crippen molar-refractivity contribution in [2.24, 2.45) is 0 Å². The lowest BCUT2D eigenvalue weighted by molar-refractivity contribution is 1.67. The Morgan fingerprint density at radius 1 is 1.08 bits per heavy atom. The van der Waals surface area contributed by atoms with Crippen LogP contribution < -0.4 is 0 Å². The minimum Gasteiger partial charge on any atom is -0.114 e. The molecule has 0 amide bonds. The Bertz CT molecular complexity index is 260. The maximum Gasteiger partial charge on any atom is -0.0263 e. The fourth-order valence-corrected chi connectivity index (χ4v) is 0.825. The molecule has 1 aromatic carbocycles. The van der Waals surface area contributed by atoms with Crippen molar-refractivity contribution >= 4 is 15.3 Å². The van der Waals surface area contributed by atoms with E-state index in [0.29, 0.717) is 0 Å². The van der Waals surface area contributed by atoms with E-state index in [-0.39, 0.29) is 0 Å². The van der Waals surface area contributed by atoms with E-state index in [9.17, 15) is 0 Å². The third-order valence-electron chi connectivity index (χ3n) is 1.28. The van der Waals surface area contributed by atoms with Gasteiger partial charge in [-0.25, -0.2) is 0 Å². The predicted octanol–water partition coefficient (Wildman–Crippen LogP) is 3.89. The zero-order chi connectivity index (χ0) is 9.94. The third kappa shape index (κ3) is 7.24. The summed E-state index contributed by atoms with van der Waals surface area (Å²) in [6, 6.07) is 10.0. The molecule has 0 heterocycles. The van der Waals surface area contributed by atoms with Crippen molar-refractivity contribution in [1.82, 2.24) is 0 Å². The van der Waals surface area contributed by atoms with Crippen molar-refractivity contribution in [3.05, 3.63) is 67.0 Å². The van der Waals surface area contributed by atoms with Crippen LogP contribution in [0.4, 0.5) is 0 Å². The van der Waals surface area contributed by atoms with Crippen molar-refractivity contribution in [2.75, 3.05) is 0 Å². The maximum absolute atomic E-state index is 3.63. The maximum atomic E-state index is 3.63. The van der Waals surface area contributed by atoms with Crippen LogP contribution in [-0.4, -0.2) is 0 Å². The zero-order valence-electron chi connectivity index (χ0n) is 7.69. The molecule has 1 unspecified atom stereocenters. The van der Waals surface area contributed by atoms with Gasteiger partial charge in [0.25, 0.3) is 0 Å². The van der Waals surface area contributed by atoms with Crippen molar-refractivity contribution < 1.29 is 0 Å². The Balaban J connectivity index is 0.000000252. The summed E-state index contributed by atoms with van der Waals surface area (Å²) in [5.41, 5.74) is 1.17. The van der Waals surface area contributed by atoms with Crippen LogP contribution >= 0.6 is 9.24 Å². The van der Waals surface area contributed by atoms with E-state index in [2.05, 4.69) is 22.4 Å². The van der Waals surface area contributed by atoms with Crippen LogP contribution in [0.25, 0.3) is 6.08 Å². The SMILES string of the molecule is C=C/C=C/P.C=Cc1ccccc1. The summed E-state index contributed by atoms with van der Waals surface area (Å²) in [6.45, 7) is 7.08.